The molecule has 1 fully saturated rings. The highest BCUT2D eigenvalue weighted by molar-refractivity contribution is 7.15. The van der Waals surface area contributed by atoms with Crippen molar-refractivity contribution < 1.29 is 14.3 Å². The van der Waals surface area contributed by atoms with Crippen LogP contribution in [0.5, 0.6) is 0 Å². The predicted octanol–water partition coefficient (Wildman–Crippen LogP) is 1.96. The summed E-state index contributed by atoms with van der Waals surface area (Å²) in [6.45, 7) is 0.850. The quantitative estimate of drug-likeness (QED) is 0.799. The van der Waals surface area contributed by atoms with Crippen molar-refractivity contribution in [1.29, 1.82) is 0 Å². The van der Waals surface area contributed by atoms with E-state index in [1.807, 2.05) is 12.1 Å². The topological polar surface area (TPSA) is 93.2 Å². The lowest BCUT2D eigenvalue weighted by Gasteiger charge is -2.06. The number of aromatic nitrogens is 2. The fourth-order valence-corrected chi connectivity index (χ4v) is 2.82. The van der Waals surface area contributed by atoms with Crippen LogP contribution in [0.15, 0.2) is 24.3 Å². The summed E-state index contributed by atoms with van der Waals surface area (Å²) >= 11 is 1.28. The highest BCUT2D eigenvalue weighted by Crippen LogP contribution is 2.28. The number of nitrogens with zero attached hydrogens (tertiary/aromatic N) is 2. The van der Waals surface area contributed by atoms with E-state index in [0.29, 0.717) is 28.9 Å². The Bertz CT molecular complexity index is 725. The zero-order chi connectivity index (χ0) is 16.9. The summed E-state index contributed by atoms with van der Waals surface area (Å²) in [5.41, 5.74) is 1.48. The minimum absolute atomic E-state index is 0.111. The molecule has 0 unspecified atom stereocenters. The fraction of sp³-hybridized carbons (Fsp3) is 0.375. The molecule has 126 valence electrons. The van der Waals surface area contributed by atoms with Crippen molar-refractivity contribution in [3.05, 3.63) is 40.4 Å². The number of carbonyl (C=O) groups is 2. The number of hydrogen-bond donors (Lipinski definition) is 2. The van der Waals surface area contributed by atoms with E-state index in [4.69, 9.17) is 4.74 Å². The van der Waals surface area contributed by atoms with Crippen molar-refractivity contribution >= 4 is 28.3 Å². The molecule has 0 aliphatic heterocycles. The number of hydrogen-bond acceptors (Lipinski definition) is 6. The average Bonchev–Trinajstić information content (AvgIpc) is 3.35. The molecule has 1 aromatic carbocycles. The van der Waals surface area contributed by atoms with Crippen molar-refractivity contribution in [3.8, 4) is 0 Å². The van der Waals surface area contributed by atoms with Gasteiger partial charge in [0.05, 0.1) is 0 Å². The fourth-order valence-electron chi connectivity index (χ4n) is 2.11. The predicted molar refractivity (Wildman–Crippen MR) is 89.6 cm³/mol. The minimum Gasteiger partial charge on any atom is -0.377 e. The second-order valence-corrected chi connectivity index (χ2v) is 6.64. The molecule has 0 spiro atoms. The van der Waals surface area contributed by atoms with Gasteiger partial charge < -0.3 is 10.1 Å². The molecular formula is C16H18N4O3S. The third kappa shape index (κ3) is 4.36. The van der Waals surface area contributed by atoms with Gasteiger partial charge in [-0.25, -0.2) is 0 Å². The standard InChI is InChI=1S/C16H18N4O3S/c1-23-9-13-19-20-16(24-13)18-15(22)12-4-2-10(3-5-12)8-17-14(21)11-6-7-11/h2-5,11H,6-9H2,1H3,(H,17,21)(H,18,20,22). The van der Waals surface area contributed by atoms with E-state index in [-0.39, 0.29) is 17.7 Å². The first kappa shape index (κ1) is 16.5. The van der Waals surface area contributed by atoms with E-state index in [2.05, 4.69) is 20.8 Å². The van der Waals surface area contributed by atoms with Gasteiger partial charge in [-0.2, -0.15) is 0 Å². The van der Waals surface area contributed by atoms with Crippen molar-refractivity contribution in [2.75, 3.05) is 12.4 Å². The van der Waals surface area contributed by atoms with Gasteiger partial charge in [0.25, 0.3) is 5.91 Å². The van der Waals surface area contributed by atoms with Crippen LogP contribution in [0.25, 0.3) is 0 Å². The Morgan fingerprint density at radius 2 is 2.00 bits per heavy atom. The van der Waals surface area contributed by atoms with Crippen molar-refractivity contribution in [2.45, 2.75) is 26.0 Å². The third-order valence-electron chi connectivity index (χ3n) is 3.59. The molecule has 3 rings (SSSR count). The molecule has 1 aliphatic carbocycles. The normalized spacial score (nSPS) is 13.5. The Morgan fingerprint density at radius 1 is 1.25 bits per heavy atom. The van der Waals surface area contributed by atoms with Crippen LogP contribution in [-0.4, -0.2) is 29.1 Å². The molecule has 2 aromatic rings. The first-order valence-electron chi connectivity index (χ1n) is 7.65. The van der Waals surface area contributed by atoms with Crippen LogP contribution in [0.1, 0.15) is 33.8 Å². The molecule has 24 heavy (non-hydrogen) atoms. The Kier molecular flexibility index (Phi) is 5.17. The van der Waals surface area contributed by atoms with Crippen molar-refractivity contribution in [3.63, 3.8) is 0 Å². The largest absolute Gasteiger partial charge is 0.377 e. The highest BCUT2D eigenvalue weighted by atomic mass is 32.1. The maximum atomic E-state index is 12.2. The number of rotatable bonds is 7. The maximum absolute atomic E-state index is 12.2. The summed E-state index contributed by atoms with van der Waals surface area (Å²) in [5, 5.41) is 14.6. The number of carbonyl (C=O) groups excluding carboxylic acids is 2. The van der Waals surface area contributed by atoms with E-state index < -0.39 is 0 Å². The zero-order valence-corrected chi connectivity index (χ0v) is 14.1. The third-order valence-corrected chi connectivity index (χ3v) is 4.40. The molecule has 0 radical (unpaired) electrons. The van der Waals surface area contributed by atoms with Crippen LogP contribution >= 0.6 is 11.3 Å². The lowest BCUT2D eigenvalue weighted by atomic mass is 10.1. The van der Waals surface area contributed by atoms with E-state index in [0.717, 1.165) is 18.4 Å². The summed E-state index contributed by atoms with van der Waals surface area (Å²) in [7, 11) is 1.58. The van der Waals surface area contributed by atoms with Gasteiger partial charge in [-0.3, -0.25) is 14.9 Å². The Morgan fingerprint density at radius 3 is 2.67 bits per heavy atom. The Hall–Kier alpha value is -2.32. The number of benzene rings is 1. The molecule has 7 nitrogen and oxygen atoms in total. The molecular weight excluding hydrogens is 328 g/mol. The molecule has 0 bridgehead atoms. The number of amides is 2. The summed E-state index contributed by atoms with van der Waals surface area (Å²) in [6, 6.07) is 7.12. The molecule has 2 N–H and O–H groups in total. The summed E-state index contributed by atoms with van der Waals surface area (Å²) in [4.78, 5) is 23.8. The number of nitrogens with one attached hydrogen (secondary N) is 2. The molecule has 0 atom stereocenters. The average molecular weight is 346 g/mol. The first-order chi connectivity index (χ1) is 11.7. The van der Waals surface area contributed by atoms with Crippen LogP contribution in [-0.2, 0) is 22.7 Å². The second kappa shape index (κ2) is 7.50. The van der Waals surface area contributed by atoms with Crippen molar-refractivity contribution in [2.24, 2.45) is 5.92 Å². The highest BCUT2D eigenvalue weighted by Gasteiger charge is 2.29. The SMILES string of the molecule is COCc1nnc(NC(=O)c2ccc(CNC(=O)C3CC3)cc2)s1. The van der Waals surface area contributed by atoms with Crippen LogP contribution in [0.4, 0.5) is 5.13 Å². The molecule has 1 saturated carbocycles. The van der Waals surface area contributed by atoms with Gasteiger partial charge in [0.2, 0.25) is 11.0 Å². The van der Waals surface area contributed by atoms with Crippen LogP contribution < -0.4 is 10.6 Å². The van der Waals surface area contributed by atoms with Crippen LogP contribution in [0.3, 0.4) is 0 Å². The lowest BCUT2D eigenvalue weighted by Crippen LogP contribution is -2.24. The van der Waals surface area contributed by atoms with E-state index in [1.165, 1.54) is 11.3 Å². The van der Waals surface area contributed by atoms with Crippen LogP contribution in [0, 0.1) is 5.92 Å². The van der Waals surface area contributed by atoms with Crippen molar-refractivity contribution in [1.82, 2.24) is 15.5 Å². The molecule has 8 heteroatoms. The molecule has 2 amide bonds. The first-order valence-corrected chi connectivity index (χ1v) is 8.46. The van der Waals surface area contributed by atoms with Gasteiger partial charge in [0, 0.05) is 25.1 Å². The zero-order valence-electron chi connectivity index (χ0n) is 13.2. The van der Waals surface area contributed by atoms with Gasteiger partial charge in [0.1, 0.15) is 11.6 Å². The second-order valence-electron chi connectivity index (χ2n) is 5.58. The van der Waals surface area contributed by atoms with E-state index >= 15 is 0 Å². The maximum Gasteiger partial charge on any atom is 0.257 e. The monoisotopic (exact) mass is 346 g/mol. The summed E-state index contributed by atoms with van der Waals surface area (Å²) < 4.78 is 4.97. The summed E-state index contributed by atoms with van der Waals surface area (Å²) in [5.74, 6) is 0.0635. The number of ether oxygens (including phenoxy) is 1. The summed E-state index contributed by atoms with van der Waals surface area (Å²) in [6.07, 6.45) is 1.98. The Balaban J connectivity index is 1.53. The lowest BCUT2D eigenvalue weighted by molar-refractivity contribution is -0.122. The van der Waals surface area contributed by atoms with Gasteiger partial charge in [0.15, 0.2) is 0 Å². The molecule has 1 aliphatic rings. The Labute approximate surface area is 143 Å². The number of methoxy groups -OCH3 is 1. The molecule has 0 saturated heterocycles. The smallest absolute Gasteiger partial charge is 0.257 e. The van der Waals surface area contributed by atoms with Gasteiger partial charge >= 0.3 is 0 Å². The van der Waals surface area contributed by atoms with Gasteiger partial charge in [-0.15, -0.1) is 10.2 Å². The van der Waals surface area contributed by atoms with E-state index in [9.17, 15) is 9.59 Å². The van der Waals surface area contributed by atoms with E-state index in [1.54, 1.807) is 19.2 Å². The number of anilines is 1. The minimum atomic E-state index is -0.247. The van der Waals surface area contributed by atoms with Crippen LogP contribution in [0.2, 0.25) is 0 Å². The van der Waals surface area contributed by atoms with Gasteiger partial charge in [-0.05, 0) is 30.5 Å². The molecule has 1 aromatic heterocycles. The van der Waals surface area contributed by atoms with Gasteiger partial charge in [-0.1, -0.05) is 23.5 Å². The molecule has 1 heterocycles.